The zero-order valence-electron chi connectivity index (χ0n) is 9.35. The second kappa shape index (κ2) is 5.67. The van der Waals surface area contributed by atoms with E-state index in [9.17, 15) is 4.39 Å². The van der Waals surface area contributed by atoms with Gasteiger partial charge in [-0.25, -0.2) is 4.39 Å². The molecule has 0 aliphatic heterocycles. The highest BCUT2D eigenvalue weighted by Gasteiger charge is 2.11. The summed E-state index contributed by atoms with van der Waals surface area (Å²) in [4.78, 5) is 0. The molecule has 0 heterocycles. The molecule has 0 amide bonds. The Morgan fingerprint density at radius 1 is 1.50 bits per heavy atom. The van der Waals surface area contributed by atoms with Crippen molar-refractivity contribution in [2.75, 3.05) is 0 Å². The standard InChI is InChI=1S/C13H13ClFN/c1-3-4-10(8-16)13(14)11-7-9(2)5-6-12(11)15/h5-7H,3-4H2,1-2H3. The number of aryl methyl sites for hydroxylation is 1. The predicted molar refractivity (Wildman–Crippen MR) is 64.4 cm³/mol. The van der Waals surface area contributed by atoms with Crippen molar-refractivity contribution in [3.63, 3.8) is 0 Å². The minimum atomic E-state index is -0.389. The lowest BCUT2D eigenvalue weighted by Gasteiger charge is -2.05. The summed E-state index contributed by atoms with van der Waals surface area (Å²) in [7, 11) is 0. The molecule has 0 spiro atoms. The predicted octanol–water partition coefficient (Wildman–Crippen LogP) is 4.41. The Bertz CT molecular complexity index is 457. The van der Waals surface area contributed by atoms with Crippen LogP contribution in [0.3, 0.4) is 0 Å². The molecule has 0 unspecified atom stereocenters. The Morgan fingerprint density at radius 3 is 2.75 bits per heavy atom. The molecule has 1 aromatic carbocycles. The first-order valence-electron chi connectivity index (χ1n) is 5.15. The monoisotopic (exact) mass is 237 g/mol. The summed E-state index contributed by atoms with van der Waals surface area (Å²) >= 11 is 6.05. The molecule has 1 rings (SSSR count). The Balaban J connectivity index is 3.27. The summed E-state index contributed by atoms with van der Waals surface area (Å²) in [5.74, 6) is -0.389. The summed E-state index contributed by atoms with van der Waals surface area (Å²) < 4.78 is 13.5. The average Bonchev–Trinajstić information content (AvgIpc) is 2.28. The van der Waals surface area contributed by atoms with E-state index in [1.807, 2.05) is 19.9 Å². The lowest BCUT2D eigenvalue weighted by molar-refractivity contribution is 0.624. The molecule has 0 aliphatic rings. The minimum absolute atomic E-state index is 0.227. The molecule has 3 heteroatoms. The Morgan fingerprint density at radius 2 is 2.19 bits per heavy atom. The first-order valence-corrected chi connectivity index (χ1v) is 5.53. The first kappa shape index (κ1) is 12.7. The van der Waals surface area contributed by atoms with E-state index in [0.29, 0.717) is 17.6 Å². The lowest BCUT2D eigenvalue weighted by Crippen LogP contribution is -1.91. The number of nitriles is 1. The van der Waals surface area contributed by atoms with E-state index in [1.165, 1.54) is 6.07 Å². The molecule has 0 fully saturated rings. The van der Waals surface area contributed by atoms with E-state index in [-0.39, 0.29) is 10.8 Å². The van der Waals surface area contributed by atoms with Gasteiger partial charge in [-0.15, -0.1) is 0 Å². The van der Waals surface area contributed by atoms with E-state index in [0.717, 1.165) is 12.0 Å². The van der Waals surface area contributed by atoms with Crippen LogP contribution >= 0.6 is 11.6 Å². The van der Waals surface area contributed by atoms with Gasteiger partial charge < -0.3 is 0 Å². The maximum absolute atomic E-state index is 13.5. The van der Waals surface area contributed by atoms with Crippen LogP contribution in [0.1, 0.15) is 30.9 Å². The number of hydrogen-bond donors (Lipinski definition) is 0. The Kier molecular flexibility index (Phi) is 4.52. The number of halogens is 2. The molecule has 0 aromatic heterocycles. The van der Waals surface area contributed by atoms with E-state index in [4.69, 9.17) is 16.9 Å². The molecule has 1 nitrogen and oxygen atoms in total. The van der Waals surface area contributed by atoms with Crippen molar-refractivity contribution in [2.24, 2.45) is 0 Å². The smallest absolute Gasteiger partial charge is 0.131 e. The normalized spacial score (nSPS) is 11.9. The van der Waals surface area contributed by atoms with Crippen molar-refractivity contribution < 1.29 is 4.39 Å². The van der Waals surface area contributed by atoms with Gasteiger partial charge in [-0.2, -0.15) is 5.26 Å². The third-order valence-corrected chi connectivity index (χ3v) is 2.69. The maximum atomic E-state index is 13.5. The Hall–Kier alpha value is -1.33. The number of hydrogen-bond acceptors (Lipinski definition) is 1. The fraction of sp³-hybridized carbons (Fsp3) is 0.308. The van der Waals surface area contributed by atoms with Gasteiger partial charge in [0.15, 0.2) is 0 Å². The van der Waals surface area contributed by atoms with Crippen LogP contribution in [-0.4, -0.2) is 0 Å². The maximum Gasteiger partial charge on any atom is 0.131 e. The number of allylic oxidation sites excluding steroid dienone is 1. The van der Waals surface area contributed by atoms with Gasteiger partial charge in [0.1, 0.15) is 5.82 Å². The van der Waals surface area contributed by atoms with Crippen LogP contribution in [-0.2, 0) is 0 Å². The molecule has 0 radical (unpaired) electrons. The van der Waals surface area contributed by atoms with Crippen LogP contribution in [0.2, 0.25) is 0 Å². The highest BCUT2D eigenvalue weighted by atomic mass is 35.5. The van der Waals surface area contributed by atoms with Crippen molar-refractivity contribution in [3.8, 4) is 6.07 Å². The van der Waals surface area contributed by atoms with Crippen molar-refractivity contribution in [1.82, 2.24) is 0 Å². The van der Waals surface area contributed by atoms with Crippen molar-refractivity contribution in [1.29, 1.82) is 5.26 Å². The third-order valence-electron chi connectivity index (χ3n) is 2.26. The van der Waals surface area contributed by atoms with Gasteiger partial charge in [0.25, 0.3) is 0 Å². The molecule has 84 valence electrons. The molecular formula is C13H13ClFN. The number of rotatable bonds is 3. The van der Waals surface area contributed by atoms with Gasteiger partial charge in [0.2, 0.25) is 0 Å². The van der Waals surface area contributed by atoms with Gasteiger partial charge in [-0.1, -0.05) is 36.6 Å². The van der Waals surface area contributed by atoms with E-state index in [2.05, 4.69) is 0 Å². The minimum Gasteiger partial charge on any atom is -0.206 e. The van der Waals surface area contributed by atoms with Gasteiger partial charge in [0.05, 0.1) is 11.1 Å². The summed E-state index contributed by atoms with van der Waals surface area (Å²) in [5, 5.41) is 9.16. The summed E-state index contributed by atoms with van der Waals surface area (Å²) in [5.41, 5.74) is 1.67. The molecule has 0 saturated carbocycles. The molecule has 1 aromatic rings. The van der Waals surface area contributed by atoms with Crippen LogP contribution < -0.4 is 0 Å². The van der Waals surface area contributed by atoms with Crippen molar-refractivity contribution in [3.05, 3.63) is 40.7 Å². The zero-order chi connectivity index (χ0) is 12.1. The quantitative estimate of drug-likeness (QED) is 0.715. The second-order valence-electron chi connectivity index (χ2n) is 3.64. The highest BCUT2D eigenvalue weighted by Crippen LogP contribution is 2.28. The van der Waals surface area contributed by atoms with Gasteiger partial charge in [0, 0.05) is 11.1 Å². The summed E-state index contributed by atoms with van der Waals surface area (Å²) in [6.45, 7) is 3.81. The molecule has 0 N–H and O–H groups in total. The fourth-order valence-electron chi connectivity index (χ4n) is 1.43. The molecule has 0 atom stereocenters. The zero-order valence-corrected chi connectivity index (χ0v) is 10.1. The number of nitrogens with zero attached hydrogens (tertiary/aromatic N) is 1. The average molecular weight is 238 g/mol. The first-order chi connectivity index (χ1) is 7.60. The van der Waals surface area contributed by atoms with E-state index in [1.54, 1.807) is 12.1 Å². The van der Waals surface area contributed by atoms with Crippen LogP contribution in [0, 0.1) is 24.1 Å². The summed E-state index contributed by atoms with van der Waals surface area (Å²) in [6.07, 6.45) is 1.38. The van der Waals surface area contributed by atoms with Gasteiger partial charge in [-0.3, -0.25) is 0 Å². The van der Waals surface area contributed by atoms with Crippen LogP contribution in [0.5, 0.6) is 0 Å². The van der Waals surface area contributed by atoms with Crippen LogP contribution in [0.25, 0.3) is 5.03 Å². The topological polar surface area (TPSA) is 23.8 Å². The molecule has 0 bridgehead atoms. The SMILES string of the molecule is CCCC(C#N)=C(Cl)c1cc(C)ccc1F. The lowest BCUT2D eigenvalue weighted by atomic mass is 10.1. The van der Waals surface area contributed by atoms with Crippen molar-refractivity contribution in [2.45, 2.75) is 26.7 Å². The highest BCUT2D eigenvalue weighted by molar-refractivity contribution is 6.49. The molecular weight excluding hydrogens is 225 g/mol. The van der Waals surface area contributed by atoms with E-state index < -0.39 is 0 Å². The van der Waals surface area contributed by atoms with E-state index >= 15 is 0 Å². The second-order valence-corrected chi connectivity index (χ2v) is 4.02. The van der Waals surface area contributed by atoms with Gasteiger partial charge >= 0.3 is 0 Å². The molecule has 0 aliphatic carbocycles. The Labute approximate surface area is 100 Å². The van der Waals surface area contributed by atoms with Crippen LogP contribution in [0.15, 0.2) is 23.8 Å². The summed E-state index contributed by atoms with van der Waals surface area (Å²) in [6, 6.07) is 6.73. The number of benzene rings is 1. The van der Waals surface area contributed by atoms with Gasteiger partial charge in [-0.05, 0) is 25.5 Å². The molecule has 0 saturated heterocycles. The third kappa shape index (κ3) is 2.84. The molecule has 16 heavy (non-hydrogen) atoms. The largest absolute Gasteiger partial charge is 0.206 e. The van der Waals surface area contributed by atoms with Crippen molar-refractivity contribution >= 4 is 16.6 Å². The fourth-order valence-corrected chi connectivity index (χ4v) is 1.72. The van der Waals surface area contributed by atoms with Crippen LogP contribution in [0.4, 0.5) is 4.39 Å².